The van der Waals surface area contributed by atoms with Gasteiger partial charge in [0.15, 0.2) is 0 Å². The number of carbonyl (C=O) groups excluding carboxylic acids is 1. The molecule has 1 fully saturated rings. The summed E-state index contributed by atoms with van der Waals surface area (Å²) in [4.78, 5) is 11.9. The number of aryl methyl sites for hydroxylation is 1. The maximum Gasteiger partial charge on any atom is 0.220 e. The molecule has 4 rings (SSSR count). The average Bonchev–Trinajstić information content (AvgIpc) is 3.19. The summed E-state index contributed by atoms with van der Waals surface area (Å²) in [7, 11) is 1.89. The Kier molecular flexibility index (Phi) is 5.91. The summed E-state index contributed by atoms with van der Waals surface area (Å²) in [5.74, 6) is 0.951. The molecule has 0 aliphatic carbocycles. The van der Waals surface area contributed by atoms with Crippen molar-refractivity contribution in [3.8, 4) is 5.75 Å². The van der Waals surface area contributed by atoms with Gasteiger partial charge in [0.2, 0.25) is 5.91 Å². The number of benzene rings is 2. The van der Waals surface area contributed by atoms with Gasteiger partial charge in [-0.15, -0.1) is 0 Å². The van der Waals surface area contributed by atoms with Gasteiger partial charge in [0.05, 0.1) is 12.2 Å². The molecule has 2 atom stereocenters. The van der Waals surface area contributed by atoms with Crippen LogP contribution in [0.2, 0.25) is 0 Å². The highest BCUT2D eigenvalue weighted by Gasteiger charge is 2.30. The zero-order valence-electron chi connectivity index (χ0n) is 16.5. The van der Waals surface area contributed by atoms with Gasteiger partial charge >= 0.3 is 0 Å². The first-order valence-corrected chi connectivity index (χ1v) is 9.94. The van der Waals surface area contributed by atoms with E-state index in [1.807, 2.05) is 49.8 Å². The Hall–Kier alpha value is -3.12. The van der Waals surface area contributed by atoms with E-state index >= 15 is 0 Å². The van der Waals surface area contributed by atoms with Gasteiger partial charge in [-0.25, -0.2) is 0 Å². The maximum atomic E-state index is 11.9. The largest absolute Gasteiger partial charge is 0.489 e. The topological polar surface area (TPSA) is 68.2 Å². The number of carbonyl (C=O) groups is 1. The molecule has 1 aliphatic heterocycles. The van der Waals surface area contributed by atoms with Crippen LogP contribution in [0.25, 0.3) is 0 Å². The minimum Gasteiger partial charge on any atom is -0.489 e. The predicted octanol–water partition coefficient (Wildman–Crippen LogP) is 3.11. The summed E-state index contributed by atoms with van der Waals surface area (Å²) in [5.41, 5.74) is 3.36. The van der Waals surface area contributed by atoms with E-state index in [2.05, 4.69) is 40.0 Å². The molecular formula is C23H26N4O2. The third kappa shape index (κ3) is 5.03. The van der Waals surface area contributed by atoms with Crippen LogP contribution < -0.4 is 15.4 Å². The highest BCUT2D eigenvalue weighted by Crippen LogP contribution is 2.24. The molecule has 0 spiro atoms. The fraction of sp³-hybridized carbons (Fsp3) is 0.304. The molecule has 29 heavy (non-hydrogen) atoms. The van der Waals surface area contributed by atoms with Gasteiger partial charge in [-0.3, -0.25) is 9.48 Å². The monoisotopic (exact) mass is 390 g/mol. The van der Waals surface area contributed by atoms with Gasteiger partial charge in [0, 0.05) is 37.8 Å². The Labute approximate surface area is 170 Å². The number of amides is 1. The van der Waals surface area contributed by atoms with Crippen molar-refractivity contribution in [2.24, 2.45) is 7.05 Å². The fourth-order valence-corrected chi connectivity index (χ4v) is 3.63. The standard InChI is InChI=1S/C23H26N4O2/c1-27-15-19(14-25-27)23-21(11-12-22(28)26-23)24-13-17-7-9-20(10-8-17)29-16-18-5-3-2-4-6-18/h2-10,14-15,21,23-24H,11-13,16H2,1H3,(H,26,28)/t21-,23+/m1/s1. The molecule has 2 N–H and O–H groups in total. The molecule has 0 bridgehead atoms. The third-order valence-corrected chi connectivity index (χ3v) is 5.23. The van der Waals surface area contributed by atoms with E-state index in [9.17, 15) is 4.79 Å². The lowest BCUT2D eigenvalue weighted by atomic mass is 9.93. The van der Waals surface area contributed by atoms with Gasteiger partial charge in [0.1, 0.15) is 12.4 Å². The van der Waals surface area contributed by atoms with Crippen molar-refractivity contribution >= 4 is 5.91 Å². The quantitative estimate of drug-likeness (QED) is 0.651. The summed E-state index contributed by atoms with van der Waals surface area (Å²) < 4.78 is 7.62. The summed E-state index contributed by atoms with van der Waals surface area (Å²) in [5, 5.41) is 10.9. The molecule has 6 heteroatoms. The van der Waals surface area contributed by atoms with Crippen LogP contribution >= 0.6 is 0 Å². The smallest absolute Gasteiger partial charge is 0.220 e. The van der Waals surface area contributed by atoms with E-state index < -0.39 is 0 Å². The Bertz CT molecular complexity index is 937. The summed E-state index contributed by atoms with van der Waals surface area (Å²) in [6.07, 6.45) is 5.14. The van der Waals surface area contributed by atoms with E-state index in [0.717, 1.165) is 29.8 Å². The highest BCUT2D eigenvalue weighted by molar-refractivity contribution is 5.77. The SMILES string of the molecule is Cn1cc([C@@H]2NC(=O)CC[C@H]2NCc2ccc(OCc3ccccc3)cc2)cn1. The van der Waals surface area contributed by atoms with Gasteiger partial charge in [-0.2, -0.15) is 5.10 Å². The van der Waals surface area contributed by atoms with E-state index in [1.54, 1.807) is 4.68 Å². The van der Waals surface area contributed by atoms with Crippen LogP contribution in [0.15, 0.2) is 67.0 Å². The van der Waals surface area contributed by atoms with E-state index in [1.165, 1.54) is 5.56 Å². The van der Waals surface area contributed by atoms with Gasteiger partial charge in [0.25, 0.3) is 0 Å². The minimum atomic E-state index is -0.0570. The van der Waals surface area contributed by atoms with Crippen LogP contribution in [0.5, 0.6) is 5.75 Å². The van der Waals surface area contributed by atoms with E-state index in [4.69, 9.17) is 4.74 Å². The van der Waals surface area contributed by atoms with E-state index in [-0.39, 0.29) is 18.0 Å². The molecule has 2 heterocycles. The molecule has 1 aromatic heterocycles. The number of piperidine rings is 1. The second-order valence-corrected chi connectivity index (χ2v) is 7.44. The predicted molar refractivity (Wildman–Crippen MR) is 111 cm³/mol. The number of rotatable bonds is 7. The van der Waals surface area contributed by atoms with Crippen LogP contribution in [0.1, 0.15) is 35.6 Å². The number of hydrogen-bond donors (Lipinski definition) is 2. The van der Waals surface area contributed by atoms with Gasteiger partial charge in [-0.1, -0.05) is 42.5 Å². The highest BCUT2D eigenvalue weighted by atomic mass is 16.5. The molecule has 0 radical (unpaired) electrons. The Morgan fingerprint density at radius 1 is 1.14 bits per heavy atom. The van der Waals surface area contributed by atoms with Crippen LogP contribution in [-0.4, -0.2) is 21.7 Å². The van der Waals surface area contributed by atoms with Crippen LogP contribution in [0.3, 0.4) is 0 Å². The number of nitrogens with one attached hydrogen (secondary N) is 2. The second-order valence-electron chi connectivity index (χ2n) is 7.44. The van der Waals surface area contributed by atoms with Crippen molar-refractivity contribution in [2.75, 3.05) is 0 Å². The van der Waals surface area contributed by atoms with Gasteiger partial charge < -0.3 is 15.4 Å². The van der Waals surface area contributed by atoms with E-state index in [0.29, 0.717) is 13.0 Å². The fourth-order valence-electron chi connectivity index (χ4n) is 3.63. The first kappa shape index (κ1) is 19.2. The lowest BCUT2D eigenvalue weighted by Gasteiger charge is -2.32. The Morgan fingerprint density at radius 2 is 1.93 bits per heavy atom. The number of ether oxygens (including phenoxy) is 1. The average molecular weight is 390 g/mol. The molecule has 2 aromatic carbocycles. The molecule has 1 saturated heterocycles. The zero-order valence-corrected chi connectivity index (χ0v) is 16.5. The summed E-state index contributed by atoms with van der Waals surface area (Å²) in [6, 6.07) is 18.4. The number of hydrogen-bond acceptors (Lipinski definition) is 4. The molecular weight excluding hydrogens is 364 g/mol. The first-order chi connectivity index (χ1) is 14.2. The molecule has 1 aliphatic rings. The first-order valence-electron chi connectivity index (χ1n) is 9.94. The number of nitrogens with zero attached hydrogens (tertiary/aromatic N) is 2. The number of aromatic nitrogens is 2. The zero-order chi connectivity index (χ0) is 20.1. The van der Waals surface area contributed by atoms with Crippen LogP contribution in [-0.2, 0) is 25.0 Å². The summed E-state index contributed by atoms with van der Waals surface area (Å²) in [6.45, 7) is 1.29. The van der Waals surface area contributed by atoms with Crippen molar-refractivity contribution in [2.45, 2.75) is 38.1 Å². The lowest BCUT2D eigenvalue weighted by molar-refractivity contribution is -0.123. The van der Waals surface area contributed by atoms with Gasteiger partial charge in [-0.05, 0) is 29.7 Å². The Morgan fingerprint density at radius 3 is 2.66 bits per heavy atom. The second kappa shape index (κ2) is 8.92. The van der Waals surface area contributed by atoms with Crippen LogP contribution in [0, 0.1) is 0 Å². The van der Waals surface area contributed by atoms with Crippen molar-refractivity contribution in [1.82, 2.24) is 20.4 Å². The molecule has 0 saturated carbocycles. The van der Waals surface area contributed by atoms with Crippen molar-refractivity contribution in [3.63, 3.8) is 0 Å². The van der Waals surface area contributed by atoms with Crippen LogP contribution in [0.4, 0.5) is 0 Å². The molecule has 150 valence electrons. The molecule has 6 nitrogen and oxygen atoms in total. The lowest BCUT2D eigenvalue weighted by Crippen LogP contribution is -2.48. The maximum absolute atomic E-state index is 11.9. The third-order valence-electron chi connectivity index (χ3n) is 5.23. The minimum absolute atomic E-state index is 0.0570. The Balaban J connectivity index is 1.33. The van der Waals surface area contributed by atoms with Crippen molar-refractivity contribution in [3.05, 3.63) is 83.7 Å². The molecule has 0 unspecified atom stereocenters. The van der Waals surface area contributed by atoms with Crippen molar-refractivity contribution in [1.29, 1.82) is 0 Å². The summed E-state index contributed by atoms with van der Waals surface area (Å²) >= 11 is 0. The molecule has 3 aromatic rings. The van der Waals surface area contributed by atoms with Crippen molar-refractivity contribution < 1.29 is 9.53 Å². The molecule has 1 amide bonds. The normalized spacial score (nSPS) is 19.0.